The maximum Gasteiger partial charge on any atom is 0.259 e. The van der Waals surface area contributed by atoms with E-state index in [1.807, 2.05) is 4.90 Å². The van der Waals surface area contributed by atoms with Crippen molar-refractivity contribution in [2.45, 2.75) is 37.7 Å². The second-order valence-electron chi connectivity index (χ2n) is 7.11. The first kappa shape index (κ1) is 18.9. The van der Waals surface area contributed by atoms with Crippen molar-refractivity contribution in [2.24, 2.45) is 5.92 Å². The summed E-state index contributed by atoms with van der Waals surface area (Å²) < 4.78 is 16.5. The van der Waals surface area contributed by atoms with Crippen LogP contribution in [0.2, 0.25) is 0 Å². The van der Waals surface area contributed by atoms with E-state index in [0.717, 1.165) is 38.7 Å². The molecule has 1 atom stereocenters. The van der Waals surface area contributed by atoms with Gasteiger partial charge in [0.1, 0.15) is 5.56 Å². The average Bonchev–Trinajstić information content (AvgIpc) is 2.68. The molecule has 1 aromatic heterocycles. The van der Waals surface area contributed by atoms with Gasteiger partial charge in [-0.3, -0.25) is 4.79 Å². The average molecular weight is 364 g/mol. The van der Waals surface area contributed by atoms with Gasteiger partial charge in [-0.1, -0.05) is 0 Å². The van der Waals surface area contributed by atoms with Crippen molar-refractivity contribution in [3.8, 4) is 11.8 Å². The number of methoxy groups -OCH3 is 2. The summed E-state index contributed by atoms with van der Waals surface area (Å²) in [6.45, 7) is 2.28. The Morgan fingerprint density at radius 1 is 1.35 bits per heavy atom. The zero-order chi connectivity index (χ0) is 18.6. The van der Waals surface area contributed by atoms with E-state index in [9.17, 15) is 9.90 Å². The number of hydrogen-bond donors (Lipinski definition) is 1. The number of likely N-dealkylation sites (tertiary alicyclic amines) is 1. The van der Waals surface area contributed by atoms with Crippen LogP contribution >= 0.6 is 0 Å². The van der Waals surface area contributed by atoms with Crippen LogP contribution in [0.4, 0.5) is 0 Å². The van der Waals surface area contributed by atoms with Crippen molar-refractivity contribution in [1.82, 2.24) is 9.88 Å². The number of hydrogen-bond acceptors (Lipinski definition) is 6. The third-order valence-electron chi connectivity index (χ3n) is 5.56. The van der Waals surface area contributed by atoms with Gasteiger partial charge in [-0.15, -0.1) is 0 Å². The number of pyridine rings is 1. The zero-order valence-electron chi connectivity index (χ0n) is 15.6. The third-order valence-corrected chi connectivity index (χ3v) is 5.56. The standard InChI is InChI=1S/C19H28N2O5/c1-24-16-4-3-15(17(20-16)25-2)18(23)21-9-7-19(8-10-21)13-14(5-11-22)6-12-26-19/h3-4,14,22H,5-13H2,1-2H3. The molecule has 7 heteroatoms. The van der Waals surface area contributed by atoms with E-state index in [0.29, 0.717) is 30.5 Å². The molecule has 0 aromatic carbocycles. The van der Waals surface area contributed by atoms with Gasteiger partial charge in [-0.25, -0.2) is 0 Å². The van der Waals surface area contributed by atoms with E-state index in [-0.39, 0.29) is 24.0 Å². The number of carbonyl (C=O) groups excluding carboxylic acids is 1. The zero-order valence-corrected chi connectivity index (χ0v) is 15.6. The molecule has 2 aliphatic rings. The number of rotatable bonds is 5. The predicted octanol–water partition coefficient (Wildman–Crippen LogP) is 1.88. The van der Waals surface area contributed by atoms with Crippen molar-refractivity contribution < 1.29 is 24.1 Å². The van der Waals surface area contributed by atoms with Crippen molar-refractivity contribution in [3.05, 3.63) is 17.7 Å². The first-order valence-electron chi connectivity index (χ1n) is 9.24. The molecule has 1 spiro atoms. The van der Waals surface area contributed by atoms with Crippen LogP contribution in [0.25, 0.3) is 0 Å². The smallest absolute Gasteiger partial charge is 0.259 e. The van der Waals surface area contributed by atoms with E-state index in [1.54, 1.807) is 12.1 Å². The number of ether oxygens (including phenoxy) is 3. The Balaban J connectivity index is 1.65. The Kier molecular flexibility index (Phi) is 5.98. The Morgan fingerprint density at radius 2 is 2.12 bits per heavy atom. The van der Waals surface area contributed by atoms with Crippen LogP contribution in [0.15, 0.2) is 12.1 Å². The highest BCUT2D eigenvalue weighted by molar-refractivity contribution is 5.96. The molecule has 144 valence electrons. The van der Waals surface area contributed by atoms with Gasteiger partial charge >= 0.3 is 0 Å². The molecule has 0 bridgehead atoms. The molecule has 7 nitrogen and oxygen atoms in total. The topological polar surface area (TPSA) is 81.1 Å². The van der Waals surface area contributed by atoms with Gasteiger partial charge in [0.05, 0.1) is 19.8 Å². The van der Waals surface area contributed by atoms with Gasteiger partial charge in [-0.05, 0) is 44.1 Å². The minimum absolute atomic E-state index is 0.0745. The Hall–Kier alpha value is -1.86. The molecule has 3 heterocycles. The second kappa shape index (κ2) is 8.22. The van der Waals surface area contributed by atoms with E-state index < -0.39 is 0 Å². The van der Waals surface area contributed by atoms with E-state index >= 15 is 0 Å². The van der Waals surface area contributed by atoms with Gasteiger partial charge in [0.25, 0.3) is 5.91 Å². The highest BCUT2D eigenvalue weighted by atomic mass is 16.5. The fourth-order valence-corrected chi connectivity index (χ4v) is 4.05. The number of amides is 1. The minimum Gasteiger partial charge on any atom is -0.481 e. The molecule has 1 unspecified atom stereocenters. The maximum absolute atomic E-state index is 12.9. The predicted molar refractivity (Wildman–Crippen MR) is 95.6 cm³/mol. The summed E-state index contributed by atoms with van der Waals surface area (Å²) in [5.74, 6) is 1.14. The summed E-state index contributed by atoms with van der Waals surface area (Å²) in [6.07, 6.45) is 4.48. The van der Waals surface area contributed by atoms with Crippen LogP contribution in [-0.4, -0.2) is 67.0 Å². The lowest BCUT2D eigenvalue weighted by Gasteiger charge is -2.46. The van der Waals surface area contributed by atoms with Gasteiger partial charge in [0, 0.05) is 32.4 Å². The molecule has 1 amide bonds. The van der Waals surface area contributed by atoms with Crippen LogP contribution in [0.1, 0.15) is 42.5 Å². The molecule has 0 radical (unpaired) electrons. The maximum atomic E-state index is 12.9. The largest absolute Gasteiger partial charge is 0.481 e. The number of aliphatic hydroxyl groups is 1. The molecule has 2 saturated heterocycles. The first-order valence-corrected chi connectivity index (χ1v) is 9.24. The van der Waals surface area contributed by atoms with Gasteiger partial charge in [0.15, 0.2) is 0 Å². The minimum atomic E-state index is -0.142. The van der Waals surface area contributed by atoms with Gasteiger partial charge in [-0.2, -0.15) is 4.98 Å². The molecule has 3 rings (SSSR count). The summed E-state index contributed by atoms with van der Waals surface area (Å²) in [5.41, 5.74) is 0.309. The highest BCUT2D eigenvalue weighted by Gasteiger charge is 2.41. The van der Waals surface area contributed by atoms with Crippen LogP contribution in [0, 0.1) is 5.92 Å². The molecule has 1 N–H and O–H groups in total. The highest BCUT2D eigenvalue weighted by Crippen LogP contribution is 2.39. The monoisotopic (exact) mass is 364 g/mol. The fourth-order valence-electron chi connectivity index (χ4n) is 4.05. The van der Waals surface area contributed by atoms with Crippen LogP contribution in [0.5, 0.6) is 11.8 Å². The van der Waals surface area contributed by atoms with Crippen LogP contribution in [-0.2, 0) is 4.74 Å². The summed E-state index contributed by atoms with van der Waals surface area (Å²) in [5, 5.41) is 9.21. The van der Waals surface area contributed by atoms with Gasteiger partial charge < -0.3 is 24.2 Å². The molecule has 0 saturated carbocycles. The number of aromatic nitrogens is 1. The van der Waals surface area contributed by atoms with E-state index in [1.165, 1.54) is 14.2 Å². The SMILES string of the molecule is COc1ccc(C(=O)N2CCC3(CC2)CC(CCO)CCO3)c(OC)n1. The van der Waals surface area contributed by atoms with Crippen molar-refractivity contribution in [3.63, 3.8) is 0 Å². The normalized spacial score (nSPS) is 22.3. The summed E-state index contributed by atoms with van der Waals surface area (Å²) in [6, 6.07) is 3.37. The molecule has 0 aliphatic carbocycles. The van der Waals surface area contributed by atoms with Crippen LogP contribution in [0.3, 0.4) is 0 Å². The second-order valence-corrected chi connectivity index (χ2v) is 7.11. The fraction of sp³-hybridized carbons (Fsp3) is 0.684. The lowest BCUT2D eigenvalue weighted by molar-refractivity contribution is -0.125. The quantitative estimate of drug-likeness (QED) is 0.859. The molecule has 2 fully saturated rings. The Morgan fingerprint density at radius 3 is 2.77 bits per heavy atom. The number of nitrogens with zero attached hydrogens (tertiary/aromatic N) is 2. The molecule has 26 heavy (non-hydrogen) atoms. The van der Waals surface area contributed by atoms with E-state index in [4.69, 9.17) is 14.2 Å². The van der Waals surface area contributed by atoms with Crippen LogP contribution < -0.4 is 9.47 Å². The third kappa shape index (κ3) is 3.94. The van der Waals surface area contributed by atoms with Crippen molar-refractivity contribution in [2.75, 3.05) is 40.5 Å². The summed E-state index contributed by atoms with van der Waals surface area (Å²) in [4.78, 5) is 19.0. The van der Waals surface area contributed by atoms with Gasteiger partial charge in [0.2, 0.25) is 11.8 Å². The lowest BCUT2D eigenvalue weighted by atomic mass is 9.78. The molecular formula is C19H28N2O5. The molecule has 2 aliphatic heterocycles. The molecular weight excluding hydrogens is 336 g/mol. The Bertz CT molecular complexity index is 626. The van der Waals surface area contributed by atoms with Crippen molar-refractivity contribution in [1.29, 1.82) is 0 Å². The van der Waals surface area contributed by atoms with Crippen molar-refractivity contribution >= 4 is 5.91 Å². The van der Waals surface area contributed by atoms with E-state index in [2.05, 4.69) is 4.98 Å². The molecule has 1 aromatic rings. The first-order chi connectivity index (χ1) is 12.6. The number of piperidine rings is 1. The Labute approximate surface area is 154 Å². The lowest BCUT2D eigenvalue weighted by Crippen LogP contribution is -2.50. The number of aliphatic hydroxyl groups excluding tert-OH is 1. The summed E-state index contributed by atoms with van der Waals surface area (Å²) >= 11 is 0. The number of carbonyl (C=O) groups is 1. The summed E-state index contributed by atoms with van der Waals surface area (Å²) in [7, 11) is 3.03.